The highest BCUT2D eigenvalue weighted by Crippen LogP contribution is 2.55. The summed E-state index contributed by atoms with van der Waals surface area (Å²) < 4.78 is 145. The maximum atomic E-state index is 13.8. The molecular formula is C14H21F9O3S2. The minimum Gasteiger partial charge on any atom is -0.261 e. The van der Waals surface area contributed by atoms with E-state index < -0.39 is 55.8 Å². The van der Waals surface area contributed by atoms with Crippen LogP contribution < -0.4 is 0 Å². The summed E-state index contributed by atoms with van der Waals surface area (Å²) in [4.78, 5) is 0. The van der Waals surface area contributed by atoms with Crippen LogP contribution in [0.15, 0.2) is 0 Å². The zero-order chi connectivity index (χ0) is 22.4. The van der Waals surface area contributed by atoms with Gasteiger partial charge in [0.2, 0.25) is 0 Å². The van der Waals surface area contributed by atoms with Crippen LogP contribution in [0, 0.1) is 5.41 Å². The molecule has 14 heteroatoms. The second kappa shape index (κ2) is 7.71. The van der Waals surface area contributed by atoms with Crippen molar-refractivity contribution in [1.29, 1.82) is 0 Å². The van der Waals surface area contributed by atoms with Crippen LogP contribution in [0.2, 0.25) is 0 Å². The number of alkyl halides is 9. The zero-order valence-electron chi connectivity index (χ0n) is 15.1. The van der Waals surface area contributed by atoms with Gasteiger partial charge in [0.15, 0.2) is 0 Å². The van der Waals surface area contributed by atoms with Gasteiger partial charge in [-0.1, -0.05) is 20.8 Å². The van der Waals surface area contributed by atoms with Crippen molar-refractivity contribution in [2.75, 3.05) is 17.3 Å². The summed E-state index contributed by atoms with van der Waals surface area (Å²) in [5, 5.41) is -6.81. The molecule has 1 aliphatic rings. The van der Waals surface area contributed by atoms with E-state index in [4.69, 9.17) is 0 Å². The van der Waals surface area contributed by atoms with E-state index in [1.807, 2.05) is 0 Å². The van der Waals surface area contributed by atoms with Gasteiger partial charge in [-0.15, -0.1) is 0 Å². The first-order chi connectivity index (χ1) is 12.2. The monoisotopic (exact) mass is 472 g/mol. The smallest absolute Gasteiger partial charge is 0.261 e. The van der Waals surface area contributed by atoms with E-state index in [1.54, 1.807) is 0 Å². The average Bonchev–Trinajstić information content (AvgIpc) is 2.96. The highest BCUT2D eigenvalue weighted by Gasteiger charge is 2.86. The van der Waals surface area contributed by atoms with Gasteiger partial charge in [-0.25, -0.2) is 0 Å². The maximum Gasteiger partial charge on any atom is 0.460 e. The molecule has 0 aromatic heterocycles. The van der Waals surface area contributed by atoms with E-state index in [-0.39, 0.29) is 5.75 Å². The Morgan fingerprint density at radius 1 is 0.857 bits per heavy atom. The summed E-state index contributed by atoms with van der Waals surface area (Å²) >= 11 is 0. The number of hydrogen-bond acceptors (Lipinski definition) is 3. The minimum absolute atomic E-state index is 0.0879. The Labute approximate surface area is 159 Å². The quantitative estimate of drug-likeness (QED) is 0.323. The van der Waals surface area contributed by atoms with E-state index in [9.17, 15) is 47.9 Å². The van der Waals surface area contributed by atoms with Gasteiger partial charge in [-0.3, -0.25) is 15.1 Å². The lowest BCUT2D eigenvalue weighted by Crippen LogP contribution is -2.63. The van der Waals surface area contributed by atoms with E-state index >= 15 is 0 Å². The molecule has 1 saturated heterocycles. The van der Waals surface area contributed by atoms with Crippen LogP contribution >= 0.6 is 10.9 Å². The molecule has 0 radical (unpaired) electrons. The highest BCUT2D eigenvalue weighted by atomic mass is 32.2. The molecule has 0 spiro atoms. The Balaban J connectivity index is 3.25. The molecular weight excluding hydrogens is 451 g/mol. The Morgan fingerprint density at radius 3 is 1.64 bits per heavy atom. The molecule has 170 valence electrons. The van der Waals surface area contributed by atoms with Crippen LogP contribution in [0.3, 0.4) is 0 Å². The SMILES string of the molecule is CC(C)(C)C(C[SH]1CCCC1)OS(=O)(=O)C(F)(F)C(F)(F)C(F)(F)C(F)(F)F. The topological polar surface area (TPSA) is 43.4 Å². The fraction of sp³-hybridized carbons (Fsp3) is 1.00. The first-order valence-electron chi connectivity index (χ1n) is 8.04. The largest absolute Gasteiger partial charge is 0.460 e. The number of hydrogen-bond donors (Lipinski definition) is 1. The molecule has 0 saturated carbocycles. The molecule has 1 unspecified atom stereocenters. The molecule has 28 heavy (non-hydrogen) atoms. The van der Waals surface area contributed by atoms with Crippen molar-refractivity contribution in [3.05, 3.63) is 0 Å². The van der Waals surface area contributed by atoms with Gasteiger partial charge < -0.3 is 0 Å². The van der Waals surface area contributed by atoms with Crippen LogP contribution in [-0.4, -0.2) is 55.1 Å². The fourth-order valence-electron chi connectivity index (χ4n) is 2.38. The second-order valence-electron chi connectivity index (χ2n) is 7.58. The molecule has 0 bridgehead atoms. The summed E-state index contributed by atoms with van der Waals surface area (Å²) in [6.07, 6.45) is -7.11. The Morgan fingerprint density at radius 2 is 1.29 bits per heavy atom. The van der Waals surface area contributed by atoms with Crippen molar-refractivity contribution in [2.24, 2.45) is 5.41 Å². The van der Waals surface area contributed by atoms with Gasteiger partial charge in [-0.05, 0) is 29.8 Å². The predicted molar refractivity (Wildman–Crippen MR) is 87.0 cm³/mol. The molecule has 0 aromatic carbocycles. The first-order valence-corrected chi connectivity index (χ1v) is 11.3. The van der Waals surface area contributed by atoms with E-state index in [0.29, 0.717) is 11.5 Å². The molecule has 1 aliphatic heterocycles. The zero-order valence-corrected chi connectivity index (χ0v) is 16.8. The van der Waals surface area contributed by atoms with Gasteiger partial charge in [-0.2, -0.15) is 47.9 Å². The molecule has 1 rings (SSSR count). The average molecular weight is 472 g/mol. The van der Waals surface area contributed by atoms with E-state index in [1.165, 1.54) is 20.8 Å². The van der Waals surface area contributed by atoms with Crippen LogP contribution in [0.25, 0.3) is 0 Å². The van der Waals surface area contributed by atoms with Crippen LogP contribution in [0.4, 0.5) is 39.5 Å². The Bertz CT molecular complexity index is 648. The minimum atomic E-state index is -7.30. The number of halogens is 9. The molecule has 1 heterocycles. The number of rotatable bonds is 7. The van der Waals surface area contributed by atoms with Crippen molar-refractivity contribution in [3.63, 3.8) is 0 Å². The fourth-order valence-corrected chi connectivity index (χ4v) is 6.73. The molecule has 0 aromatic rings. The molecule has 0 aliphatic carbocycles. The first kappa shape index (κ1) is 25.7. The second-order valence-corrected chi connectivity index (χ2v) is 11.8. The maximum absolute atomic E-state index is 13.8. The lowest BCUT2D eigenvalue weighted by Gasteiger charge is -2.36. The third-order valence-corrected chi connectivity index (χ3v) is 8.38. The Kier molecular flexibility index (Phi) is 7.07. The van der Waals surface area contributed by atoms with E-state index in [2.05, 4.69) is 4.18 Å². The van der Waals surface area contributed by atoms with Crippen LogP contribution in [0.1, 0.15) is 33.6 Å². The van der Waals surface area contributed by atoms with Gasteiger partial charge in [0, 0.05) is 5.75 Å². The van der Waals surface area contributed by atoms with Crippen molar-refractivity contribution in [2.45, 2.75) is 63.0 Å². The normalized spacial score (nSPS) is 20.5. The lowest BCUT2D eigenvalue weighted by atomic mass is 9.90. The predicted octanol–water partition coefficient (Wildman–Crippen LogP) is 4.97. The van der Waals surface area contributed by atoms with Gasteiger partial charge in [0.25, 0.3) is 0 Å². The van der Waals surface area contributed by atoms with Gasteiger partial charge >= 0.3 is 33.4 Å². The van der Waals surface area contributed by atoms with Crippen LogP contribution in [-0.2, 0) is 14.3 Å². The highest BCUT2D eigenvalue weighted by molar-refractivity contribution is 8.17. The molecule has 1 atom stereocenters. The molecule has 0 amide bonds. The number of thiol groups is 1. The molecule has 0 N–H and O–H groups in total. The third-order valence-electron chi connectivity index (χ3n) is 4.26. The van der Waals surface area contributed by atoms with Crippen molar-refractivity contribution < 1.29 is 52.1 Å². The lowest BCUT2D eigenvalue weighted by molar-refractivity contribution is -0.383. The molecule has 1 fully saturated rings. The van der Waals surface area contributed by atoms with E-state index in [0.717, 1.165) is 12.8 Å². The van der Waals surface area contributed by atoms with Crippen LogP contribution in [0.5, 0.6) is 0 Å². The molecule has 3 nitrogen and oxygen atoms in total. The third kappa shape index (κ3) is 4.68. The summed E-state index contributed by atoms with van der Waals surface area (Å²) in [6, 6.07) is 0. The standard InChI is InChI=1S/C14H21F9O3S2/c1-10(2,3)9(8-27-6-4-5-7-27)26-28(24,25)14(22,23)12(17,18)11(15,16)13(19,20)21/h9,27H,4-8H2,1-3H3. The summed E-state index contributed by atoms with van der Waals surface area (Å²) in [6.45, 7) is 4.04. The van der Waals surface area contributed by atoms with Gasteiger partial charge in [0.05, 0.1) is 6.10 Å². The Hall–Kier alpha value is -0.370. The van der Waals surface area contributed by atoms with Gasteiger partial charge in [0.1, 0.15) is 0 Å². The van der Waals surface area contributed by atoms with Crippen molar-refractivity contribution in [3.8, 4) is 0 Å². The van der Waals surface area contributed by atoms with Crippen molar-refractivity contribution >= 4 is 21.0 Å². The van der Waals surface area contributed by atoms with Crippen molar-refractivity contribution in [1.82, 2.24) is 0 Å². The summed E-state index contributed by atoms with van der Waals surface area (Å²) in [5.41, 5.74) is -1.18. The summed E-state index contributed by atoms with van der Waals surface area (Å²) in [5.74, 6) is -13.4. The summed E-state index contributed by atoms with van der Waals surface area (Å²) in [7, 11) is -7.69.